The van der Waals surface area contributed by atoms with Crippen molar-refractivity contribution < 1.29 is 0 Å². The number of fused-ring (bicyclic) bond motifs is 3. The average molecular weight is 417 g/mol. The Morgan fingerprint density at radius 1 is 0.812 bits per heavy atom. The molecule has 3 heterocycles. The van der Waals surface area contributed by atoms with Crippen LogP contribution in [0.3, 0.4) is 0 Å². The number of aromatic nitrogens is 3. The number of hydrogen-bond acceptors (Lipinski definition) is 4. The first-order chi connectivity index (χ1) is 15.6. The Balaban J connectivity index is 1.65. The highest BCUT2D eigenvalue weighted by atomic mass is 15.3. The van der Waals surface area contributed by atoms with Gasteiger partial charge in [0.25, 0.3) is 0 Å². The van der Waals surface area contributed by atoms with Crippen LogP contribution in [0.4, 0.5) is 11.6 Å². The molecule has 6 rings (SSSR count). The molecule has 2 aromatic heterocycles. The number of nitrogens with zero attached hydrogens (tertiary/aromatic N) is 4. The van der Waals surface area contributed by atoms with Crippen molar-refractivity contribution in [3.63, 3.8) is 0 Å². The van der Waals surface area contributed by atoms with Crippen LogP contribution < -0.4 is 4.90 Å². The predicted molar refractivity (Wildman–Crippen MR) is 130 cm³/mol. The van der Waals surface area contributed by atoms with Crippen molar-refractivity contribution in [3.8, 4) is 11.3 Å². The lowest BCUT2D eigenvalue weighted by atomic mass is 9.71. The Morgan fingerprint density at radius 3 is 2.47 bits per heavy atom. The molecule has 1 aliphatic carbocycles. The lowest BCUT2D eigenvalue weighted by Gasteiger charge is -2.44. The number of rotatable bonds is 2. The summed E-state index contributed by atoms with van der Waals surface area (Å²) in [6.45, 7) is 4.62. The van der Waals surface area contributed by atoms with Gasteiger partial charge in [0.2, 0.25) is 5.95 Å². The summed E-state index contributed by atoms with van der Waals surface area (Å²) in [4.78, 5) is 16.9. The summed E-state index contributed by atoms with van der Waals surface area (Å²) >= 11 is 0. The molecule has 0 saturated heterocycles. The molecule has 0 spiro atoms. The minimum absolute atomic E-state index is 0.0727. The zero-order chi connectivity index (χ0) is 21.7. The van der Waals surface area contributed by atoms with Crippen molar-refractivity contribution in [3.05, 3.63) is 102 Å². The third kappa shape index (κ3) is 2.79. The SMILES string of the molecule is CC1(C)C2=CCCC=C2N(c2nc(-c3ccccc3)c3cccnc3n2)c2ccccc21. The van der Waals surface area contributed by atoms with Crippen molar-refractivity contribution in [1.29, 1.82) is 0 Å². The van der Waals surface area contributed by atoms with Crippen molar-refractivity contribution in [1.82, 2.24) is 15.0 Å². The molecule has 32 heavy (non-hydrogen) atoms. The van der Waals surface area contributed by atoms with E-state index in [0.29, 0.717) is 11.6 Å². The second-order valence-electron chi connectivity index (χ2n) is 8.87. The molecule has 0 N–H and O–H groups in total. The van der Waals surface area contributed by atoms with Crippen LogP contribution in [0.15, 0.2) is 96.3 Å². The van der Waals surface area contributed by atoms with E-state index >= 15 is 0 Å². The number of pyridine rings is 1. The van der Waals surface area contributed by atoms with E-state index in [1.54, 1.807) is 6.20 Å². The van der Waals surface area contributed by atoms with Gasteiger partial charge in [0.1, 0.15) is 0 Å². The molecule has 1 aliphatic heterocycles. The van der Waals surface area contributed by atoms with Crippen molar-refractivity contribution in [2.75, 3.05) is 4.90 Å². The predicted octanol–water partition coefficient (Wildman–Crippen LogP) is 6.73. The molecule has 0 fully saturated rings. The van der Waals surface area contributed by atoms with E-state index in [1.165, 1.54) is 16.8 Å². The lowest BCUT2D eigenvalue weighted by molar-refractivity contribution is 0.601. The Bertz CT molecular complexity index is 1400. The second-order valence-corrected chi connectivity index (χ2v) is 8.87. The Hall–Kier alpha value is -3.79. The molecule has 0 atom stereocenters. The molecule has 0 amide bonds. The van der Waals surface area contributed by atoms with Crippen LogP contribution in [0.25, 0.3) is 22.3 Å². The Kier molecular flexibility index (Phi) is 4.22. The van der Waals surface area contributed by atoms with Crippen LogP contribution in [0, 0.1) is 0 Å². The maximum absolute atomic E-state index is 5.14. The molecular weight excluding hydrogens is 392 g/mol. The minimum atomic E-state index is -0.0727. The van der Waals surface area contributed by atoms with Gasteiger partial charge in [-0.1, -0.05) is 74.5 Å². The normalized spacial score (nSPS) is 16.8. The summed E-state index contributed by atoms with van der Waals surface area (Å²) < 4.78 is 0. The van der Waals surface area contributed by atoms with E-state index in [2.05, 4.69) is 72.3 Å². The van der Waals surface area contributed by atoms with Crippen LogP contribution >= 0.6 is 0 Å². The Labute approximate surface area is 188 Å². The van der Waals surface area contributed by atoms with Gasteiger partial charge in [-0.2, -0.15) is 4.98 Å². The molecule has 2 aromatic carbocycles. The molecule has 0 unspecified atom stereocenters. The fraction of sp³-hybridized carbons (Fsp3) is 0.179. The van der Waals surface area contributed by atoms with Crippen LogP contribution in [-0.4, -0.2) is 15.0 Å². The zero-order valence-corrected chi connectivity index (χ0v) is 18.3. The van der Waals surface area contributed by atoms with E-state index < -0.39 is 0 Å². The van der Waals surface area contributed by atoms with Gasteiger partial charge in [0.05, 0.1) is 11.4 Å². The third-order valence-electron chi connectivity index (χ3n) is 6.57. The molecule has 2 aliphatic rings. The zero-order valence-electron chi connectivity index (χ0n) is 18.3. The summed E-state index contributed by atoms with van der Waals surface area (Å²) in [5, 5.41) is 0.960. The third-order valence-corrected chi connectivity index (χ3v) is 6.57. The van der Waals surface area contributed by atoms with Crippen LogP contribution in [0.5, 0.6) is 0 Å². The van der Waals surface area contributed by atoms with Crippen LogP contribution in [-0.2, 0) is 5.41 Å². The second kappa shape index (κ2) is 7.13. The summed E-state index contributed by atoms with van der Waals surface area (Å²) in [5.41, 5.74) is 7.56. The summed E-state index contributed by atoms with van der Waals surface area (Å²) in [7, 11) is 0. The van der Waals surface area contributed by atoms with Crippen LogP contribution in [0.1, 0.15) is 32.3 Å². The summed E-state index contributed by atoms with van der Waals surface area (Å²) in [5.74, 6) is 0.664. The van der Waals surface area contributed by atoms with E-state index in [0.717, 1.165) is 35.2 Å². The number of hydrogen-bond donors (Lipinski definition) is 0. The first-order valence-electron chi connectivity index (χ1n) is 11.1. The van der Waals surface area contributed by atoms with Gasteiger partial charge in [0, 0.05) is 28.3 Å². The number of anilines is 2. The maximum atomic E-state index is 5.14. The number of para-hydroxylation sites is 1. The van der Waals surface area contributed by atoms with E-state index in [4.69, 9.17) is 9.97 Å². The van der Waals surface area contributed by atoms with Crippen LogP contribution in [0.2, 0.25) is 0 Å². The van der Waals surface area contributed by atoms with Gasteiger partial charge in [-0.15, -0.1) is 0 Å². The summed E-state index contributed by atoms with van der Waals surface area (Å²) in [6.07, 6.45) is 8.60. The number of benzene rings is 2. The van der Waals surface area contributed by atoms with E-state index in [9.17, 15) is 0 Å². The fourth-order valence-corrected chi connectivity index (χ4v) is 5.00. The molecule has 4 aromatic rings. The molecule has 0 radical (unpaired) electrons. The average Bonchev–Trinajstić information content (AvgIpc) is 2.84. The molecule has 4 heteroatoms. The van der Waals surface area contributed by atoms with E-state index in [-0.39, 0.29) is 5.41 Å². The number of allylic oxidation sites excluding steroid dienone is 3. The van der Waals surface area contributed by atoms with Crippen molar-refractivity contribution in [2.24, 2.45) is 0 Å². The molecular formula is C28H24N4. The fourth-order valence-electron chi connectivity index (χ4n) is 5.00. The van der Waals surface area contributed by atoms with Gasteiger partial charge in [0.15, 0.2) is 5.65 Å². The highest BCUT2D eigenvalue weighted by molar-refractivity contribution is 5.92. The van der Waals surface area contributed by atoms with Crippen molar-refractivity contribution >= 4 is 22.7 Å². The first-order valence-corrected chi connectivity index (χ1v) is 11.1. The standard InChI is InChI=1S/C28H24N4/c1-28(2)21-14-6-8-16-23(21)32(24-17-9-7-15-22(24)28)27-30-25(19-11-4-3-5-12-19)20-13-10-18-29-26(20)31-27/h3-6,8,10-18H,7,9H2,1-2H3. The Morgan fingerprint density at radius 2 is 1.59 bits per heavy atom. The molecule has 0 bridgehead atoms. The lowest BCUT2D eigenvalue weighted by Crippen LogP contribution is -2.37. The first kappa shape index (κ1) is 18.9. The van der Waals surface area contributed by atoms with Gasteiger partial charge in [-0.05, 0) is 42.2 Å². The van der Waals surface area contributed by atoms with Gasteiger partial charge >= 0.3 is 0 Å². The van der Waals surface area contributed by atoms with Gasteiger partial charge in [-0.3, -0.25) is 4.90 Å². The van der Waals surface area contributed by atoms with Crippen molar-refractivity contribution in [2.45, 2.75) is 32.1 Å². The highest BCUT2D eigenvalue weighted by Crippen LogP contribution is 2.51. The smallest absolute Gasteiger partial charge is 0.237 e. The van der Waals surface area contributed by atoms with E-state index in [1.807, 2.05) is 30.3 Å². The van der Waals surface area contributed by atoms with Gasteiger partial charge in [-0.25, -0.2) is 9.97 Å². The monoisotopic (exact) mass is 416 g/mol. The summed E-state index contributed by atoms with van der Waals surface area (Å²) in [6, 6.07) is 22.9. The van der Waals surface area contributed by atoms with Gasteiger partial charge < -0.3 is 0 Å². The topological polar surface area (TPSA) is 41.9 Å². The molecule has 0 saturated carbocycles. The highest BCUT2D eigenvalue weighted by Gasteiger charge is 2.40. The minimum Gasteiger partial charge on any atom is -0.279 e. The molecule has 156 valence electrons. The maximum Gasteiger partial charge on any atom is 0.237 e. The molecule has 4 nitrogen and oxygen atoms in total. The largest absolute Gasteiger partial charge is 0.279 e. The quantitative estimate of drug-likeness (QED) is 0.363.